The molecule has 2 unspecified atom stereocenters. The SMILES string of the molecule is O=C(NCC1CCCN(CC(=O)N2CCCCC2)C1)C1CCCN1. The minimum Gasteiger partial charge on any atom is -0.354 e. The van der Waals surface area contributed by atoms with Crippen LogP contribution in [-0.2, 0) is 9.59 Å². The quantitative estimate of drug-likeness (QED) is 0.771. The number of amides is 2. The summed E-state index contributed by atoms with van der Waals surface area (Å²) in [6.07, 6.45) is 7.86. The lowest BCUT2D eigenvalue weighted by atomic mass is 9.97. The van der Waals surface area contributed by atoms with Gasteiger partial charge in [0.2, 0.25) is 11.8 Å². The van der Waals surface area contributed by atoms with Crippen LogP contribution in [0.2, 0.25) is 0 Å². The number of piperidine rings is 2. The first-order valence-corrected chi connectivity index (χ1v) is 9.73. The molecule has 6 heteroatoms. The Kier molecular flexibility index (Phi) is 6.49. The topological polar surface area (TPSA) is 64.7 Å². The molecule has 3 saturated heterocycles. The van der Waals surface area contributed by atoms with Gasteiger partial charge in [-0.15, -0.1) is 0 Å². The molecule has 2 N–H and O–H groups in total. The molecule has 3 heterocycles. The second kappa shape index (κ2) is 8.81. The summed E-state index contributed by atoms with van der Waals surface area (Å²) in [4.78, 5) is 28.8. The number of hydrogen-bond donors (Lipinski definition) is 2. The number of nitrogens with zero attached hydrogens (tertiary/aromatic N) is 2. The number of nitrogens with one attached hydrogen (secondary N) is 2. The maximum atomic E-state index is 12.4. The largest absolute Gasteiger partial charge is 0.354 e. The summed E-state index contributed by atoms with van der Waals surface area (Å²) >= 11 is 0. The summed E-state index contributed by atoms with van der Waals surface area (Å²) in [5.41, 5.74) is 0. The third-order valence-electron chi connectivity index (χ3n) is 5.61. The Morgan fingerprint density at radius 1 is 1.00 bits per heavy atom. The molecule has 0 radical (unpaired) electrons. The Bertz CT molecular complexity index is 431. The maximum absolute atomic E-state index is 12.4. The summed E-state index contributed by atoms with van der Waals surface area (Å²) in [6.45, 7) is 6.04. The van der Waals surface area contributed by atoms with Crippen LogP contribution >= 0.6 is 0 Å². The lowest BCUT2D eigenvalue weighted by Crippen LogP contribution is -2.48. The standard InChI is InChI=1S/C18H32N4O2/c23-17(22-10-2-1-3-11-22)14-21-9-5-6-15(13-21)12-20-18(24)16-7-4-8-19-16/h15-16,19H,1-14H2,(H,20,24). The first-order chi connectivity index (χ1) is 11.7. The van der Waals surface area contributed by atoms with Crippen molar-refractivity contribution in [2.24, 2.45) is 5.92 Å². The van der Waals surface area contributed by atoms with E-state index in [0.717, 1.165) is 77.8 Å². The molecule has 0 aromatic carbocycles. The van der Waals surface area contributed by atoms with Crippen molar-refractivity contribution >= 4 is 11.8 Å². The van der Waals surface area contributed by atoms with Crippen LogP contribution in [0.25, 0.3) is 0 Å². The lowest BCUT2D eigenvalue weighted by molar-refractivity contribution is -0.133. The molecule has 2 atom stereocenters. The van der Waals surface area contributed by atoms with Crippen LogP contribution in [0.15, 0.2) is 0 Å². The summed E-state index contributed by atoms with van der Waals surface area (Å²) in [6, 6.07) is 0.00497. The molecular weight excluding hydrogens is 304 g/mol. The fourth-order valence-corrected chi connectivity index (χ4v) is 4.17. The van der Waals surface area contributed by atoms with E-state index < -0.39 is 0 Å². The van der Waals surface area contributed by atoms with E-state index in [4.69, 9.17) is 0 Å². The highest BCUT2D eigenvalue weighted by molar-refractivity contribution is 5.82. The van der Waals surface area contributed by atoms with Gasteiger partial charge in [0.05, 0.1) is 12.6 Å². The zero-order valence-corrected chi connectivity index (χ0v) is 14.8. The number of hydrogen-bond acceptors (Lipinski definition) is 4. The van der Waals surface area contributed by atoms with Crippen LogP contribution in [-0.4, -0.2) is 73.5 Å². The molecule has 3 rings (SSSR count). The van der Waals surface area contributed by atoms with E-state index in [9.17, 15) is 9.59 Å². The van der Waals surface area contributed by atoms with E-state index in [1.807, 2.05) is 4.90 Å². The van der Waals surface area contributed by atoms with Crippen molar-refractivity contribution in [2.75, 3.05) is 45.8 Å². The van der Waals surface area contributed by atoms with Crippen molar-refractivity contribution in [2.45, 2.75) is 51.0 Å². The van der Waals surface area contributed by atoms with Crippen LogP contribution < -0.4 is 10.6 Å². The molecule has 0 bridgehead atoms. The van der Waals surface area contributed by atoms with Crippen molar-refractivity contribution in [3.8, 4) is 0 Å². The number of carbonyl (C=O) groups is 2. The van der Waals surface area contributed by atoms with Gasteiger partial charge in [-0.05, 0) is 64.0 Å². The first kappa shape index (κ1) is 17.7. The molecule has 3 aliphatic rings. The summed E-state index contributed by atoms with van der Waals surface area (Å²) in [5, 5.41) is 6.35. The first-order valence-electron chi connectivity index (χ1n) is 9.73. The molecule has 3 fully saturated rings. The van der Waals surface area contributed by atoms with E-state index in [1.54, 1.807) is 0 Å². The van der Waals surface area contributed by atoms with E-state index in [2.05, 4.69) is 15.5 Å². The normalized spacial score (nSPS) is 28.8. The molecule has 0 aromatic rings. The lowest BCUT2D eigenvalue weighted by Gasteiger charge is -2.35. The monoisotopic (exact) mass is 336 g/mol. The third-order valence-corrected chi connectivity index (χ3v) is 5.61. The Balaban J connectivity index is 1.39. The van der Waals surface area contributed by atoms with Crippen LogP contribution in [0.3, 0.4) is 0 Å². The number of likely N-dealkylation sites (tertiary alicyclic amines) is 2. The van der Waals surface area contributed by atoms with Crippen LogP contribution in [0, 0.1) is 5.92 Å². The molecule has 3 aliphatic heterocycles. The van der Waals surface area contributed by atoms with Gasteiger partial charge in [-0.1, -0.05) is 0 Å². The molecule has 0 spiro atoms. The second-order valence-electron chi connectivity index (χ2n) is 7.58. The van der Waals surface area contributed by atoms with Gasteiger partial charge < -0.3 is 15.5 Å². The van der Waals surface area contributed by atoms with Crippen molar-refractivity contribution in [1.29, 1.82) is 0 Å². The smallest absolute Gasteiger partial charge is 0.237 e. The van der Waals surface area contributed by atoms with Gasteiger partial charge in [0.25, 0.3) is 0 Å². The van der Waals surface area contributed by atoms with Gasteiger partial charge in [-0.3, -0.25) is 14.5 Å². The van der Waals surface area contributed by atoms with Gasteiger partial charge >= 0.3 is 0 Å². The van der Waals surface area contributed by atoms with Crippen molar-refractivity contribution < 1.29 is 9.59 Å². The molecule has 136 valence electrons. The molecule has 2 amide bonds. The van der Waals surface area contributed by atoms with Gasteiger partial charge in [0, 0.05) is 26.2 Å². The van der Waals surface area contributed by atoms with Crippen LogP contribution in [0.4, 0.5) is 0 Å². The van der Waals surface area contributed by atoms with Crippen LogP contribution in [0.1, 0.15) is 44.9 Å². The molecule has 0 aromatic heterocycles. The molecule has 0 saturated carbocycles. The van der Waals surface area contributed by atoms with E-state index in [-0.39, 0.29) is 17.9 Å². The van der Waals surface area contributed by atoms with Crippen molar-refractivity contribution in [3.05, 3.63) is 0 Å². The Morgan fingerprint density at radius 3 is 2.58 bits per heavy atom. The van der Waals surface area contributed by atoms with Crippen LogP contribution in [0.5, 0.6) is 0 Å². The van der Waals surface area contributed by atoms with Crippen molar-refractivity contribution in [1.82, 2.24) is 20.4 Å². The molecule has 0 aliphatic carbocycles. The number of carbonyl (C=O) groups excluding carboxylic acids is 2. The Labute approximate surface area is 145 Å². The highest BCUT2D eigenvalue weighted by Gasteiger charge is 2.26. The predicted octanol–water partition coefficient (Wildman–Crippen LogP) is 0.579. The van der Waals surface area contributed by atoms with E-state index in [0.29, 0.717) is 12.5 Å². The zero-order valence-electron chi connectivity index (χ0n) is 14.8. The van der Waals surface area contributed by atoms with Gasteiger partial charge in [-0.25, -0.2) is 0 Å². The fourth-order valence-electron chi connectivity index (χ4n) is 4.17. The molecule has 6 nitrogen and oxygen atoms in total. The van der Waals surface area contributed by atoms with Gasteiger partial charge in [0.15, 0.2) is 0 Å². The summed E-state index contributed by atoms with van der Waals surface area (Å²) < 4.78 is 0. The second-order valence-corrected chi connectivity index (χ2v) is 7.58. The van der Waals surface area contributed by atoms with Gasteiger partial charge in [0.1, 0.15) is 0 Å². The highest BCUT2D eigenvalue weighted by Crippen LogP contribution is 2.17. The minimum atomic E-state index is 0.00497. The maximum Gasteiger partial charge on any atom is 0.237 e. The summed E-state index contributed by atoms with van der Waals surface area (Å²) in [5.74, 6) is 0.904. The third kappa shape index (κ3) is 4.93. The van der Waals surface area contributed by atoms with Gasteiger partial charge in [-0.2, -0.15) is 0 Å². The predicted molar refractivity (Wildman–Crippen MR) is 93.6 cm³/mol. The van der Waals surface area contributed by atoms with E-state index in [1.165, 1.54) is 6.42 Å². The van der Waals surface area contributed by atoms with Crippen molar-refractivity contribution in [3.63, 3.8) is 0 Å². The molecular formula is C18H32N4O2. The average molecular weight is 336 g/mol. The number of rotatable bonds is 5. The fraction of sp³-hybridized carbons (Fsp3) is 0.889. The Morgan fingerprint density at radius 2 is 1.83 bits per heavy atom. The minimum absolute atomic E-state index is 0.00497. The van der Waals surface area contributed by atoms with E-state index >= 15 is 0 Å². The molecule has 24 heavy (non-hydrogen) atoms. The highest BCUT2D eigenvalue weighted by atomic mass is 16.2. The Hall–Kier alpha value is -1.14. The average Bonchev–Trinajstić information content (AvgIpc) is 3.15. The zero-order chi connectivity index (χ0) is 16.8. The summed E-state index contributed by atoms with van der Waals surface area (Å²) in [7, 11) is 0.